The summed E-state index contributed by atoms with van der Waals surface area (Å²) in [5.74, 6) is 0. The number of nitrogens with one attached hydrogen (secondary N) is 1. The molecule has 0 saturated carbocycles. The molecule has 2 heterocycles. The van der Waals surface area contributed by atoms with Crippen LogP contribution in [0.3, 0.4) is 0 Å². The number of nitrogens with zero attached hydrogens (tertiary/aromatic N) is 2. The van der Waals surface area contributed by atoms with E-state index in [2.05, 4.69) is 34.1 Å². The maximum absolute atomic E-state index is 6.30. The molecule has 1 saturated heterocycles. The molecule has 1 N–H and O–H groups in total. The zero-order chi connectivity index (χ0) is 12.5. The lowest BCUT2D eigenvalue weighted by molar-refractivity contribution is 0.148. The number of rotatable bonds is 2. The van der Waals surface area contributed by atoms with Crippen molar-refractivity contribution in [3.8, 4) is 0 Å². The van der Waals surface area contributed by atoms with Crippen LogP contribution in [0.2, 0.25) is 5.02 Å². The van der Waals surface area contributed by atoms with Crippen LogP contribution >= 0.6 is 11.6 Å². The Morgan fingerprint density at radius 2 is 2.00 bits per heavy atom. The van der Waals surface area contributed by atoms with Crippen molar-refractivity contribution in [3.63, 3.8) is 0 Å². The van der Waals surface area contributed by atoms with Crippen LogP contribution < -0.4 is 0 Å². The summed E-state index contributed by atoms with van der Waals surface area (Å²) in [6, 6.07) is 6.03. The third kappa shape index (κ3) is 2.26. The van der Waals surface area contributed by atoms with Crippen LogP contribution in [0.4, 0.5) is 0 Å². The number of aromatic amines is 1. The molecular weight excluding hydrogens is 246 g/mol. The maximum atomic E-state index is 6.30. The van der Waals surface area contributed by atoms with Gasteiger partial charge in [0.1, 0.15) is 0 Å². The Kier molecular flexibility index (Phi) is 3.29. The fourth-order valence-corrected chi connectivity index (χ4v) is 2.88. The third-order valence-electron chi connectivity index (χ3n) is 3.73. The Morgan fingerprint density at radius 3 is 2.78 bits per heavy atom. The molecule has 1 aromatic heterocycles. The van der Waals surface area contributed by atoms with Crippen molar-refractivity contribution < 1.29 is 0 Å². The summed E-state index contributed by atoms with van der Waals surface area (Å²) in [5.41, 5.74) is 2.44. The van der Waals surface area contributed by atoms with Gasteiger partial charge in [0.25, 0.3) is 0 Å². The smallest absolute Gasteiger partial charge is 0.0503 e. The highest BCUT2D eigenvalue weighted by molar-refractivity contribution is 6.35. The molecule has 96 valence electrons. The lowest BCUT2D eigenvalue weighted by Gasteiger charge is -2.32. The number of hydrogen-bond donors (Lipinski definition) is 1. The van der Waals surface area contributed by atoms with Crippen molar-refractivity contribution in [1.29, 1.82) is 0 Å². The summed E-state index contributed by atoms with van der Waals surface area (Å²) in [7, 11) is 2.18. The lowest BCUT2D eigenvalue weighted by atomic mass is 10.1. The van der Waals surface area contributed by atoms with E-state index in [4.69, 9.17) is 11.6 Å². The first-order valence-electron chi connectivity index (χ1n) is 6.39. The number of halogens is 1. The van der Waals surface area contributed by atoms with Gasteiger partial charge in [0, 0.05) is 49.8 Å². The highest BCUT2D eigenvalue weighted by Gasteiger charge is 2.16. The summed E-state index contributed by atoms with van der Waals surface area (Å²) in [5, 5.41) is 2.02. The van der Waals surface area contributed by atoms with E-state index in [1.54, 1.807) is 0 Å². The largest absolute Gasteiger partial charge is 0.361 e. The van der Waals surface area contributed by atoms with Crippen molar-refractivity contribution in [2.45, 2.75) is 6.54 Å². The molecule has 1 aliphatic heterocycles. The highest BCUT2D eigenvalue weighted by atomic mass is 35.5. The molecular formula is C14H18ClN3. The average Bonchev–Trinajstić information content (AvgIpc) is 2.77. The Hall–Kier alpha value is -1.03. The Bertz CT molecular complexity index is 541. The van der Waals surface area contributed by atoms with E-state index in [0.29, 0.717) is 0 Å². The zero-order valence-electron chi connectivity index (χ0n) is 10.6. The molecule has 0 bridgehead atoms. The van der Waals surface area contributed by atoms with Crippen LogP contribution in [0, 0.1) is 0 Å². The molecule has 3 nitrogen and oxygen atoms in total. The number of hydrogen-bond acceptors (Lipinski definition) is 2. The molecule has 1 fully saturated rings. The predicted octanol–water partition coefficient (Wildman–Crippen LogP) is 2.57. The molecule has 0 aliphatic carbocycles. The first-order valence-corrected chi connectivity index (χ1v) is 6.77. The van der Waals surface area contributed by atoms with Gasteiger partial charge in [0.05, 0.1) is 5.02 Å². The average molecular weight is 264 g/mol. The van der Waals surface area contributed by atoms with Crippen molar-refractivity contribution in [2.24, 2.45) is 0 Å². The molecule has 0 unspecified atom stereocenters. The zero-order valence-corrected chi connectivity index (χ0v) is 11.4. The van der Waals surface area contributed by atoms with Gasteiger partial charge in [-0.3, -0.25) is 4.90 Å². The molecule has 0 amide bonds. The van der Waals surface area contributed by atoms with Gasteiger partial charge in [-0.15, -0.1) is 0 Å². The number of piperazine rings is 1. The van der Waals surface area contributed by atoms with Gasteiger partial charge in [-0.25, -0.2) is 0 Å². The molecule has 18 heavy (non-hydrogen) atoms. The van der Waals surface area contributed by atoms with Gasteiger partial charge in [0.2, 0.25) is 0 Å². The number of H-pyrrole nitrogens is 1. The molecule has 1 aromatic carbocycles. The lowest BCUT2D eigenvalue weighted by Crippen LogP contribution is -2.43. The Labute approximate surface area is 112 Å². The molecule has 4 heteroatoms. The van der Waals surface area contributed by atoms with Gasteiger partial charge in [-0.2, -0.15) is 0 Å². The summed E-state index contributed by atoms with van der Waals surface area (Å²) in [6.07, 6.45) is 2.09. The van der Waals surface area contributed by atoms with E-state index in [1.807, 2.05) is 12.1 Å². The van der Waals surface area contributed by atoms with Crippen molar-refractivity contribution in [1.82, 2.24) is 14.8 Å². The van der Waals surface area contributed by atoms with Crippen LogP contribution in [0.15, 0.2) is 24.4 Å². The summed E-state index contributed by atoms with van der Waals surface area (Å²) >= 11 is 6.30. The first kappa shape index (κ1) is 12.0. The van der Waals surface area contributed by atoms with Gasteiger partial charge in [-0.1, -0.05) is 17.7 Å². The quantitative estimate of drug-likeness (QED) is 0.900. The monoisotopic (exact) mass is 263 g/mol. The minimum absolute atomic E-state index is 0.845. The third-order valence-corrected chi connectivity index (χ3v) is 4.04. The number of likely N-dealkylation sites (N-methyl/N-ethyl adjacent to an activating group) is 1. The minimum Gasteiger partial charge on any atom is -0.361 e. The van der Waals surface area contributed by atoms with Crippen molar-refractivity contribution >= 4 is 22.5 Å². The number of benzene rings is 1. The number of aromatic nitrogens is 1. The second kappa shape index (κ2) is 4.92. The van der Waals surface area contributed by atoms with Gasteiger partial charge >= 0.3 is 0 Å². The standard InChI is InChI=1S/C14H18ClN3/c1-17-5-7-18(8-6-17)10-11-9-16-13-4-2-3-12(15)14(11)13/h2-4,9,16H,5-8,10H2,1H3. The molecule has 0 spiro atoms. The van der Waals surface area contributed by atoms with E-state index < -0.39 is 0 Å². The van der Waals surface area contributed by atoms with Crippen LogP contribution in [-0.4, -0.2) is 48.0 Å². The van der Waals surface area contributed by atoms with Crippen molar-refractivity contribution in [2.75, 3.05) is 33.2 Å². The van der Waals surface area contributed by atoms with Crippen LogP contribution in [0.25, 0.3) is 10.9 Å². The van der Waals surface area contributed by atoms with E-state index in [-0.39, 0.29) is 0 Å². The number of fused-ring (bicyclic) bond motifs is 1. The van der Waals surface area contributed by atoms with Gasteiger partial charge < -0.3 is 9.88 Å². The minimum atomic E-state index is 0.845. The van der Waals surface area contributed by atoms with E-state index in [0.717, 1.165) is 43.3 Å². The summed E-state index contributed by atoms with van der Waals surface area (Å²) in [6.45, 7) is 5.55. The summed E-state index contributed by atoms with van der Waals surface area (Å²) < 4.78 is 0. The molecule has 0 atom stereocenters. The fraction of sp³-hybridized carbons (Fsp3) is 0.429. The van der Waals surface area contributed by atoms with Crippen molar-refractivity contribution in [3.05, 3.63) is 35.0 Å². The second-order valence-corrected chi connectivity index (χ2v) is 5.46. The normalized spacial score (nSPS) is 18.6. The maximum Gasteiger partial charge on any atom is 0.0503 e. The van der Waals surface area contributed by atoms with Crippen LogP contribution in [0.1, 0.15) is 5.56 Å². The molecule has 2 aromatic rings. The van der Waals surface area contributed by atoms with Gasteiger partial charge in [-0.05, 0) is 24.7 Å². The Morgan fingerprint density at radius 1 is 1.22 bits per heavy atom. The second-order valence-electron chi connectivity index (χ2n) is 5.06. The van der Waals surface area contributed by atoms with Crippen LogP contribution in [-0.2, 0) is 6.54 Å². The molecule has 3 rings (SSSR count). The highest BCUT2D eigenvalue weighted by Crippen LogP contribution is 2.27. The Balaban J connectivity index is 1.82. The molecule has 1 aliphatic rings. The topological polar surface area (TPSA) is 22.3 Å². The predicted molar refractivity (Wildman–Crippen MR) is 76.1 cm³/mol. The van der Waals surface area contributed by atoms with E-state index in [9.17, 15) is 0 Å². The fourth-order valence-electron chi connectivity index (χ4n) is 2.58. The molecule has 0 radical (unpaired) electrons. The van der Waals surface area contributed by atoms with E-state index in [1.165, 1.54) is 10.9 Å². The van der Waals surface area contributed by atoms with Gasteiger partial charge in [0.15, 0.2) is 0 Å². The van der Waals surface area contributed by atoms with E-state index >= 15 is 0 Å². The first-order chi connectivity index (χ1) is 8.74. The SMILES string of the molecule is CN1CCN(Cc2c[nH]c3cccc(Cl)c23)CC1. The van der Waals surface area contributed by atoms with Crippen LogP contribution in [0.5, 0.6) is 0 Å². The summed E-state index contributed by atoms with van der Waals surface area (Å²) in [4.78, 5) is 8.17.